The predicted octanol–water partition coefficient (Wildman–Crippen LogP) is 0.400. The molecule has 2 heterocycles. The largest absolute Gasteiger partial charge is 0.340 e. The molecule has 1 aliphatic heterocycles. The van der Waals surface area contributed by atoms with Crippen molar-refractivity contribution in [2.24, 2.45) is 0 Å². The average Bonchev–Trinajstić information content (AvgIpc) is 2.92. The number of hydrogen-bond acceptors (Lipinski definition) is 3. The lowest BCUT2D eigenvalue weighted by atomic mass is 9.89. The lowest BCUT2D eigenvalue weighted by Gasteiger charge is -2.41. The Balaban J connectivity index is 2.07. The van der Waals surface area contributed by atoms with Gasteiger partial charge in [0.05, 0.1) is 13.1 Å². The fourth-order valence-corrected chi connectivity index (χ4v) is 2.47. The molecule has 1 fully saturated rings. The first-order valence-electron chi connectivity index (χ1n) is 6.69. The van der Waals surface area contributed by atoms with Crippen molar-refractivity contribution in [2.45, 2.75) is 38.8 Å². The Kier molecular flexibility index (Phi) is 3.87. The van der Waals surface area contributed by atoms with Gasteiger partial charge in [-0.3, -0.25) is 14.3 Å². The van der Waals surface area contributed by atoms with E-state index in [9.17, 15) is 9.59 Å². The van der Waals surface area contributed by atoms with Crippen LogP contribution in [0.25, 0.3) is 0 Å². The van der Waals surface area contributed by atoms with Crippen molar-refractivity contribution in [3.05, 3.63) is 18.5 Å². The van der Waals surface area contributed by atoms with Crippen LogP contribution in [0.3, 0.4) is 0 Å². The highest BCUT2D eigenvalue weighted by Crippen LogP contribution is 2.22. The van der Waals surface area contributed by atoms with E-state index in [1.54, 1.807) is 15.8 Å². The summed E-state index contributed by atoms with van der Waals surface area (Å²) in [4.78, 5) is 25.9. The number of nitrogens with one attached hydrogen (secondary N) is 1. The minimum atomic E-state index is -0.723. The molecular weight excluding hydrogens is 244 g/mol. The molecule has 1 aromatic heterocycles. The van der Waals surface area contributed by atoms with E-state index in [0.717, 1.165) is 0 Å². The van der Waals surface area contributed by atoms with Crippen molar-refractivity contribution in [3.63, 3.8) is 0 Å². The summed E-state index contributed by atoms with van der Waals surface area (Å²) < 4.78 is 1.76. The highest BCUT2D eigenvalue weighted by atomic mass is 16.2. The highest BCUT2D eigenvalue weighted by molar-refractivity contribution is 5.97. The maximum absolute atomic E-state index is 12.5. The van der Waals surface area contributed by atoms with Crippen molar-refractivity contribution < 1.29 is 9.59 Å². The van der Waals surface area contributed by atoms with E-state index in [1.807, 2.05) is 26.1 Å². The number of carbonyl (C=O) groups is 2. The van der Waals surface area contributed by atoms with Crippen molar-refractivity contribution in [2.75, 3.05) is 13.1 Å². The Morgan fingerprint density at radius 1 is 1.32 bits per heavy atom. The van der Waals surface area contributed by atoms with Gasteiger partial charge in [0, 0.05) is 18.9 Å². The van der Waals surface area contributed by atoms with Gasteiger partial charge in [-0.25, -0.2) is 0 Å². The van der Waals surface area contributed by atoms with Gasteiger partial charge in [-0.15, -0.1) is 0 Å². The second-order valence-corrected chi connectivity index (χ2v) is 4.83. The zero-order valence-corrected chi connectivity index (χ0v) is 11.4. The van der Waals surface area contributed by atoms with E-state index in [2.05, 4.69) is 10.4 Å². The Labute approximate surface area is 112 Å². The molecule has 104 valence electrons. The van der Waals surface area contributed by atoms with Crippen LogP contribution in [0.4, 0.5) is 0 Å². The first kappa shape index (κ1) is 13.6. The van der Waals surface area contributed by atoms with E-state index in [4.69, 9.17) is 0 Å². The molecule has 0 spiro atoms. The fraction of sp³-hybridized carbons (Fsp3) is 0.615. The van der Waals surface area contributed by atoms with Crippen LogP contribution in [0.2, 0.25) is 0 Å². The van der Waals surface area contributed by atoms with E-state index in [1.165, 1.54) is 0 Å². The van der Waals surface area contributed by atoms with Crippen LogP contribution in [0, 0.1) is 0 Å². The van der Waals surface area contributed by atoms with Crippen LogP contribution in [-0.4, -0.2) is 45.1 Å². The normalized spacial score (nSPS) is 18.5. The molecule has 2 amide bonds. The third-order valence-corrected chi connectivity index (χ3v) is 3.78. The van der Waals surface area contributed by atoms with Gasteiger partial charge in [-0.1, -0.05) is 13.8 Å². The van der Waals surface area contributed by atoms with Gasteiger partial charge < -0.3 is 10.2 Å². The summed E-state index contributed by atoms with van der Waals surface area (Å²) in [7, 11) is 0. The molecule has 19 heavy (non-hydrogen) atoms. The molecule has 0 radical (unpaired) electrons. The van der Waals surface area contributed by atoms with Crippen molar-refractivity contribution >= 4 is 11.8 Å². The molecule has 0 aliphatic carbocycles. The van der Waals surface area contributed by atoms with Crippen LogP contribution in [-0.2, 0) is 16.1 Å². The Morgan fingerprint density at radius 2 is 2.05 bits per heavy atom. The van der Waals surface area contributed by atoms with E-state index in [0.29, 0.717) is 25.9 Å². The lowest BCUT2D eigenvalue weighted by Crippen LogP contribution is -2.66. The standard InChI is InChI=1S/C13H20N4O2/c1-3-13(4-2)12(19)16(10-11(18)15-13)8-9-17-7-5-6-14-17/h5-7H,3-4,8-10H2,1-2H3,(H,15,18). The minimum Gasteiger partial charge on any atom is -0.340 e. The van der Waals surface area contributed by atoms with Crippen molar-refractivity contribution in [3.8, 4) is 0 Å². The van der Waals surface area contributed by atoms with Crippen molar-refractivity contribution in [1.82, 2.24) is 20.0 Å². The second kappa shape index (κ2) is 5.42. The molecular formula is C13H20N4O2. The average molecular weight is 264 g/mol. The zero-order chi connectivity index (χ0) is 13.9. The van der Waals surface area contributed by atoms with E-state index >= 15 is 0 Å². The maximum atomic E-state index is 12.5. The molecule has 0 atom stereocenters. The monoisotopic (exact) mass is 264 g/mol. The van der Waals surface area contributed by atoms with Crippen molar-refractivity contribution in [1.29, 1.82) is 0 Å². The van der Waals surface area contributed by atoms with E-state index in [-0.39, 0.29) is 18.4 Å². The highest BCUT2D eigenvalue weighted by Gasteiger charge is 2.43. The summed E-state index contributed by atoms with van der Waals surface area (Å²) in [5, 5.41) is 6.95. The smallest absolute Gasteiger partial charge is 0.248 e. The van der Waals surface area contributed by atoms with Crippen LogP contribution in [0.15, 0.2) is 18.5 Å². The number of piperazine rings is 1. The molecule has 2 rings (SSSR count). The van der Waals surface area contributed by atoms with E-state index < -0.39 is 5.54 Å². The summed E-state index contributed by atoms with van der Waals surface area (Å²) >= 11 is 0. The molecule has 0 bridgehead atoms. The SMILES string of the molecule is CCC1(CC)NC(=O)CN(CCn2cccn2)C1=O. The number of carbonyl (C=O) groups excluding carboxylic acids is 2. The van der Waals surface area contributed by atoms with Crippen LogP contribution in [0.5, 0.6) is 0 Å². The molecule has 0 aromatic carbocycles. The predicted molar refractivity (Wildman–Crippen MR) is 70.3 cm³/mol. The third-order valence-electron chi connectivity index (χ3n) is 3.78. The summed E-state index contributed by atoms with van der Waals surface area (Å²) in [5.41, 5.74) is -0.723. The number of hydrogen-bond donors (Lipinski definition) is 1. The maximum Gasteiger partial charge on any atom is 0.248 e. The second-order valence-electron chi connectivity index (χ2n) is 4.83. The number of aromatic nitrogens is 2. The summed E-state index contributed by atoms with van der Waals surface area (Å²) in [5.74, 6) is -0.0620. The summed E-state index contributed by atoms with van der Waals surface area (Å²) in [6.07, 6.45) is 4.78. The number of amides is 2. The summed E-state index contributed by atoms with van der Waals surface area (Å²) in [6.45, 7) is 5.12. The first-order valence-corrected chi connectivity index (χ1v) is 6.69. The molecule has 0 unspecified atom stereocenters. The number of nitrogens with zero attached hydrogens (tertiary/aromatic N) is 3. The molecule has 1 N–H and O–H groups in total. The van der Waals surface area contributed by atoms with Gasteiger partial charge in [-0.2, -0.15) is 5.10 Å². The molecule has 1 saturated heterocycles. The van der Waals surface area contributed by atoms with Gasteiger partial charge in [0.1, 0.15) is 5.54 Å². The van der Waals surface area contributed by atoms with Gasteiger partial charge in [0.2, 0.25) is 11.8 Å². The molecule has 0 saturated carbocycles. The molecule has 6 nitrogen and oxygen atoms in total. The first-order chi connectivity index (χ1) is 9.11. The quantitative estimate of drug-likeness (QED) is 0.837. The van der Waals surface area contributed by atoms with Gasteiger partial charge in [0.25, 0.3) is 0 Å². The van der Waals surface area contributed by atoms with Crippen LogP contribution >= 0.6 is 0 Å². The molecule has 6 heteroatoms. The van der Waals surface area contributed by atoms with Gasteiger partial charge in [0.15, 0.2) is 0 Å². The Morgan fingerprint density at radius 3 is 2.63 bits per heavy atom. The van der Waals surface area contributed by atoms with Gasteiger partial charge in [-0.05, 0) is 18.9 Å². The Bertz CT molecular complexity index is 451. The number of rotatable bonds is 5. The van der Waals surface area contributed by atoms with Crippen LogP contribution in [0.1, 0.15) is 26.7 Å². The molecule has 1 aromatic rings. The van der Waals surface area contributed by atoms with Crippen LogP contribution < -0.4 is 5.32 Å². The fourth-order valence-electron chi connectivity index (χ4n) is 2.47. The Hall–Kier alpha value is -1.85. The summed E-state index contributed by atoms with van der Waals surface area (Å²) in [6, 6.07) is 1.84. The molecule has 1 aliphatic rings. The zero-order valence-electron chi connectivity index (χ0n) is 11.4. The lowest BCUT2D eigenvalue weighted by molar-refractivity contribution is -0.150. The van der Waals surface area contributed by atoms with Gasteiger partial charge >= 0.3 is 0 Å². The minimum absolute atomic E-state index is 0.0178. The topological polar surface area (TPSA) is 67.2 Å². The third kappa shape index (κ3) is 2.62.